The molecule has 0 aliphatic heterocycles. The van der Waals surface area contributed by atoms with Crippen LogP contribution in [0.25, 0.3) is 11.0 Å². The van der Waals surface area contributed by atoms with Gasteiger partial charge in [-0.2, -0.15) is 0 Å². The second-order valence-corrected chi connectivity index (χ2v) is 9.41. The van der Waals surface area contributed by atoms with Crippen molar-refractivity contribution in [3.05, 3.63) is 70.0 Å². The Bertz CT molecular complexity index is 1110. The van der Waals surface area contributed by atoms with Crippen LogP contribution in [0.4, 0.5) is 0 Å². The lowest BCUT2D eigenvalue weighted by Gasteiger charge is -2.25. The van der Waals surface area contributed by atoms with Crippen molar-refractivity contribution in [2.75, 3.05) is 0 Å². The molecule has 0 bridgehead atoms. The summed E-state index contributed by atoms with van der Waals surface area (Å²) >= 11 is 0. The predicted molar refractivity (Wildman–Crippen MR) is 107 cm³/mol. The molecule has 27 heavy (non-hydrogen) atoms. The van der Waals surface area contributed by atoms with Crippen molar-refractivity contribution in [1.29, 1.82) is 0 Å². The second-order valence-electron chi connectivity index (χ2n) is 9.41. The number of carbonyl (C=O) groups excluding carboxylic acids is 2. The molecule has 4 rings (SSSR count). The number of carbonyl (C=O) groups is 2. The Morgan fingerprint density at radius 3 is 1.93 bits per heavy atom. The minimum Gasteiger partial charge on any atom is -0.451 e. The van der Waals surface area contributed by atoms with Gasteiger partial charge < -0.3 is 4.42 Å². The first-order chi connectivity index (χ1) is 12.5. The molecule has 0 unspecified atom stereocenters. The van der Waals surface area contributed by atoms with E-state index in [-0.39, 0.29) is 28.2 Å². The summed E-state index contributed by atoms with van der Waals surface area (Å²) in [5.74, 6) is -0.177. The van der Waals surface area contributed by atoms with Crippen LogP contribution in [0.5, 0.6) is 0 Å². The Labute approximate surface area is 159 Å². The van der Waals surface area contributed by atoms with Crippen molar-refractivity contribution in [3.63, 3.8) is 0 Å². The molecular formula is C24H24O3. The molecule has 1 aliphatic rings. The Balaban J connectivity index is 2.13. The smallest absolute Gasteiger partial charge is 0.229 e. The fraction of sp³-hybridized carbons (Fsp3) is 0.333. The molecule has 0 fully saturated rings. The molecule has 0 N–H and O–H groups in total. The highest BCUT2D eigenvalue weighted by atomic mass is 16.3. The number of benzene rings is 2. The predicted octanol–water partition coefficient (Wildman–Crippen LogP) is 5.80. The lowest BCUT2D eigenvalue weighted by atomic mass is 9.78. The van der Waals surface area contributed by atoms with Crippen molar-refractivity contribution >= 4 is 22.5 Å². The highest BCUT2D eigenvalue weighted by Crippen LogP contribution is 2.41. The van der Waals surface area contributed by atoms with Crippen molar-refractivity contribution in [3.8, 4) is 0 Å². The largest absolute Gasteiger partial charge is 0.451 e. The summed E-state index contributed by atoms with van der Waals surface area (Å²) < 4.78 is 6.08. The quantitative estimate of drug-likeness (QED) is 0.398. The van der Waals surface area contributed by atoms with Crippen LogP contribution in [0.1, 0.15) is 84.7 Å². The highest BCUT2D eigenvalue weighted by molar-refractivity contribution is 6.31. The first-order valence-electron chi connectivity index (χ1n) is 9.30. The van der Waals surface area contributed by atoms with Crippen LogP contribution in [-0.4, -0.2) is 11.6 Å². The normalized spacial score (nSPS) is 14.4. The van der Waals surface area contributed by atoms with E-state index in [1.165, 1.54) is 0 Å². The molecule has 0 radical (unpaired) electrons. The maximum absolute atomic E-state index is 13.2. The Morgan fingerprint density at radius 2 is 1.37 bits per heavy atom. The lowest BCUT2D eigenvalue weighted by Crippen LogP contribution is -2.19. The van der Waals surface area contributed by atoms with Gasteiger partial charge in [0.25, 0.3) is 0 Å². The molecule has 1 aliphatic carbocycles. The third kappa shape index (κ3) is 2.56. The van der Waals surface area contributed by atoms with E-state index in [1.54, 1.807) is 24.3 Å². The van der Waals surface area contributed by atoms with Gasteiger partial charge in [-0.1, -0.05) is 71.9 Å². The van der Waals surface area contributed by atoms with Gasteiger partial charge in [0.15, 0.2) is 11.5 Å². The van der Waals surface area contributed by atoms with E-state index in [0.717, 1.165) is 16.5 Å². The maximum atomic E-state index is 13.2. The van der Waals surface area contributed by atoms with Crippen LogP contribution >= 0.6 is 0 Å². The summed E-state index contributed by atoms with van der Waals surface area (Å²) in [6.45, 7) is 12.8. The van der Waals surface area contributed by atoms with Crippen LogP contribution in [0.15, 0.2) is 40.8 Å². The van der Waals surface area contributed by atoms with Gasteiger partial charge in [-0.15, -0.1) is 0 Å². The average molecular weight is 360 g/mol. The minimum atomic E-state index is -0.214. The van der Waals surface area contributed by atoms with Crippen LogP contribution in [0.2, 0.25) is 0 Å². The van der Waals surface area contributed by atoms with Gasteiger partial charge in [0.05, 0.1) is 5.56 Å². The Morgan fingerprint density at radius 1 is 0.778 bits per heavy atom. The second kappa shape index (κ2) is 5.41. The topological polar surface area (TPSA) is 47.3 Å². The van der Waals surface area contributed by atoms with E-state index >= 15 is 0 Å². The number of rotatable bonds is 0. The molecule has 0 saturated carbocycles. The monoisotopic (exact) mass is 360 g/mol. The summed E-state index contributed by atoms with van der Waals surface area (Å²) in [7, 11) is 0. The standard InChI is InChI=1S/C24H24O3/c1-23(2,3)13-11-16-18-19(25)14-9-7-8-10-15(14)20(26)22(18)27-21(16)17(12-13)24(4,5)6/h7-12H,1-6H3. The van der Waals surface area contributed by atoms with Crippen LogP contribution in [0.3, 0.4) is 0 Å². The number of hydrogen-bond donors (Lipinski definition) is 0. The van der Waals surface area contributed by atoms with E-state index in [2.05, 4.69) is 47.6 Å². The molecule has 1 heterocycles. The summed E-state index contributed by atoms with van der Waals surface area (Å²) in [4.78, 5) is 26.3. The van der Waals surface area contributed by atoms with Crippen LogP contribution < -0.4 is 0 Å². The van der Waals surface area contributed by atoms with E-state index in [4.69, 9.17) is 4.42 Å². The zero-order valence-electron chi connectivity index (χ0n) is 16.7. The van der Waals surface area contributed by atoms with Crippen molar-refractivity contribution in [2.24, 2.45) is 0 Å². The summed E-state index contributed by atoms with van der Waals surface area (Å²) in [5, 5.41) is 0.746. The number of ketones is 2. The van der Waals surface area contributed by atoms with E-state index in [0.29, 0.717) is 22.3 Å². The van der Waals surface area contributed by atoms with Crippen LogP contribution in [0, 0.1) is 0 Å². The third-order valence-electron chi connectivity index (χ3n) is 5.31. The number of hydrogen-bond acceptors (Lipinski definition) is 3. The molecule has 3 nitrogen and oxygen atoms in total. The van der Waals surface area contributed by atoms with Crippen LogP contribution in [-0.2, 0) is 10.8 Å². The molecule has 3 heteroatoms. The fourth-order valence-electron chi connectivity index (χ4n) is 3.71. The van der Waals surface area contributed by atoms with E-state index in [9.17, 15) is 9.59 Å². The van der Waals surface area contributed by atoms with Gasteiger partial charge in [0.2, 0.25) is 5.78 Å². The third-order valence-corrected chi connectivity index (χ3v) is 5.31. The fourth-order valence-corrected chi connectivity index (χ4v) is 3.71. The zero-order chi connectivity index (χ0) is 19.7. The SMILES string of the molecule is CC(C)(C)c1cc(C(C)(C)C)c2oc3c(c2c1)C(=O)c1ccccc1C3=O. The molecule has 0 spiro atoms. The average Bonchev–Trinajstić information content (AvgIpc) is 2.97. The van der Waals surface area contributed by atoms with Gasteiger partial charge in [-0.3, -0.25) is 9.59 Å². The summed E-state index contributed by atoms with van der Waals surface area (Å²) in [5.41, 5.74) is 3.81. The van der Waals surface area contributed by atoms with Gasteiger partial charge in [-0.05, 0) is 22.5 Å². The first kappa shape index (κ1) is 17.7. The molecule has 0 saturated heterocycles. The lowest BCUT2D eigenvalue weighted by molar-refractivity contribution is 0.0962. The van der Waals surface area contributed by atoms with E-state index < -0.39 is 0 Å². The van der Waals surface area contributed by atoms with Crippen molar-refractivity contribution < 1.29 is 14.0 Å². The maximum Gasteiger partial charge on any atom is 0.229 e. The molecule has 0 atom stereocenters. The summed E-state index contributed by atoms with van der Waals surface area (Å²) in [6.07, 6.45) is 0. The molecule has 138 valence electrons. The Kier molecular flexibility index (Phi) is 3.55. The molecule has 3 aromatic rings. The van der Waals surface area contributed by atoms with Gasteiger partial charge in [0.1, 0.15) is 5.58 Å². The van der Waals surface area contributed by atoms with E-state index in [1.807, 2.05) is 6.07 Å². The van der Waals surface area contributed by atoms with Gasteiger partial charge in [0, 0.05) is 22.1 Å². The van der Waals surface area contributed by atoms with Gasteiger partial charge >= 0.3 is 0 Å². The number of fused-ring (bicyclic) bond motifs is 4. The molecule has 1 aromatic heterocycles. The minimum absolute atomic E-state index is 0.0853. The molecule has 0 amide bonds. The van der Waals surface area contributed by atoms with Crippen molar-refractivity contribution in [2.45, 2.75) is 52.4 Å². The van der Waals surface area contributed by atoms with Gasteiger partial charge in [-0.25, -0.2) is 0 Å². The molecule has 2 aromatic carbocycles. The highest BCUT2D eigenvalue weighted by Gasteiger charge is 2.37. The van der Waals surface area contributed by atoms with Crippen molar-refractivity contribution in [1.82, 2.24) is 0 Å². The first-order valence-corrected chi connectivity index (χ1v) is 9.30. The number of furan rings is 1. The Hall–Kier alpha value is -2.68. The zero-order valence-corrected chi connectivity index (χ0v) is 16.7. The molecular weight excluding hydrogens is 336 g/mol. The summed E-state index contributed by atoms with van der Waals surface area (Å²) in [6, 6.07) is 11.1.